The van der Waals surface area contributed by atoms with Crippen LogP contribution in [0.15, 0.2) is 24.3 Å². The molecule has 0 aromatic rings. The van der Waals surface area contributed by atoms with Crippen LogP contribution in [0.2, 0.25) is 0 Å². The van der Waals surface area contributed by atoms with Crippen LogP contribution in [-0.2, 0) is 76.0 Å². The molecule has 3 amide bonds. The molecule has 722 valence electrons. The monoisotopic (exact) mass is 1790 g/mol. The van der Waals surface area contributed by atoms with Gasteiger partial charge in [-0.25, -0.2) is 4.79 Å². The van der Waals surface area contributed by atoms with Crippen LogP contribution in [0.1, 0.15) is 240 Å². The number of allylic oxidation sites excluding steroid dienone is 3. The molecule has 124 heavy (non-hydrogen) atoms. The molecular formula is C85H151N3O36. The Morgan fingerprint density at radius 2 is 0.823 bits per heavy atom. The number of ether oxygens (including phenoxy) is 12. The van der Waals surface area contributed by atoms with E-state index in [0.29, 0.717) is 12.8 Å². The van der Waals surface area contributed by atoms with E-state index in [4.69, 9.17) is 56.8 Å². The zero-order valence-electron chi connectivity index (χ0n) is 72.5. The fourth-order valence-electron chi connectivity index (χ4n) is 16.4. The first-order valence-corrected chi connectivity index (χ1v) is 45.2. The van der Waals surface area contributed by atoms with Crippen molar-refractivity contribution >= 4 is 23.7 Å². The molecular weight excluding hydrogens is 1640 g/mol. The van der Waals surface area contributed by atoms with E-state index in [1.165, 1.54) is 122 Å². The van der Waals surface area contributed by atoms with Crippen LogP contribution in [0.3, 0.4) is 0 Å². The summed E-state index contributed by atoms with van der Waals surface area (Å²) in [5.41, 5.74) is 0. The number of rotatable bonds is 60. The van der Waals surface area contributed by atoms with Crippen molar-refractivity contribution in [2.45, 2.75) is 441 Å². The van der Waals surface area contributed by atoms with Crippen molar-refractivity contribution in [1.82, 2.24) is 16.0 Å². The van der Waals surface area contributed by atoms with Crippen molar-refractivity contribution in [3.05, 3.63) is 24.3 Å². The first kappa shape index (κ1) is 109. The third-order valence-electron chi connectivity index (χ3n) is 23.9. The summed E-state index contributed by atoms with van der Waals surface area (Å²) in [5.74, 6) is -7.11. The average molecular weight is 1790 g/mol. The van der Waals surface area contributed by atoms with Gasteiger partial charge in [0.1, 0.15) is 140 Å². The molecule has 23 N–H and O–H groups in total. The number of carbonyl (C=O) groups is 4. The van der Waals surface area contributed by atoms with Gasteiger partial charge >= 0.3 is 5.97 Å². The Hall–Kier alpha value is -3.88. The van der Waals surface area contributed by atoms with Crippen molar-refractivity contribution in [3.8, 4) is 0 Å². The highest BCUT2D eigenvalue weighted by molar-refractivity contribution is 5.77. The van der Waals surface area contributed by atoms with Gasteiger partial charge in [0.25, 0.3) is 5.79 Å². The van der Waals surface area contributed by atoms with Gasteiger partial charge in [-0.1, -0.05) is 192 Å². The average Bonchev–Trinajstić information content (AvgIpc) is 0.773. The molecule has 0 saturated carbocycles. The second-order valence-corrected chi connectivity index (χ2v) is 33.9. The smallest absolute Gasteiger partial charge is 0.364 e. The van der Waals surface area contributed by atoms with Crippen LogP contribution >= 0.6 is 0 Å². The summed E-state index contributed by atoms with van der Waals surface area (Å²) < 4.78 is 70.4. The van der Waals surface area contributed by atoms with Crippen LogP contribution < -0.4 is 16.0 Å². The Bertz CT molecular complexity index is 2990. The summed E-state index contributed by atoms with van der Waals surface area (Å²) in [7, 11) is 0. The van der Waals surface area contributed by atoms with Gasteiger partial charge in [0, 0.05) is 26.7 Å². The second-order valence-electron chi connectivity index (χ2n) is 33.9. The minimum atomic E-state index is -3.03. The van der Waals surface area contributed by atoms with Crippen molar-refractivity contribution in [3.63, 3.8) is 0 Å². The molecule has 6 aliphatic rings. The lowest BCUT2D eigenvalue weighted by Crippen LogP contribution is -2.70. The Balaban J connectivity index is 1.06. The minimum absolute atomic E-state index is 0.165. The number of aliphatic carboxylic acids is 1. The minimum Gasteiger partial charge on any atom is -0.477 e. The number of aliphatic hydroxyl groups excluding tert-OH is 19. The Labute approximate surface area is 727 Å². The number of amides is 3. The van der Waals surface area contributed by atoms with Gasteiger partial charge in [0.15, 0.2) is 31.5 Å². The van der Waals surface area contributed by atoms with Crippen molar-refractivity contribution in [2.75, 3.05) is 46.2 Å². The summed E-state index contributed by atoms with van der Waals surface area (Å²) in [5, 5.41) is 230. The predicted molar refractivity (Wildman–Crippen MR) is 439 cm³/mol. The fourth-order valence-corrected chi connectivity index (χ4v) is 16.4. The summed E-state index contributed by atoms with van der Waals surface area (Å²) >= 11 is 0. The zero-order chi connectivity index (χ0) is 91.0. The van der Waals surface area contributed by atoms with E-state index in [1.54, 1.807) is 6.08 Å². The van der Waals surface area contributed by atoms with E-state index >= 15 is 0 Å². The number of unbranched alkanes of at least 4 members (excludes halogenated alkanes) is 28. The maximum Gasteiger partial charge on any atom is 0.364 e. The van der Waals surface area contributed by atoms with Crippen LogP contribution in [0.5, 0.6) is 0 Å². The highest BCUT2D eigenvalue weighted by atomic mass is 16.8. The van der Waals surface area contributed by atoms with E-state index in [2.05, 4.69) is 41.9 Å². The third-order valence-corrected chi connectivity index (χ3v) is 23.9. The predicted octanol–water partition coefficient (Wildman–Crippen LogP) is -1.10. The van der Waals surface area contributed by atoms with Gasteiger partial charge in [-0.05, 0) is 44.9 Å². The molecule has 6 aliphatic heterocycles. The molecule has 0 aliphatic carbocycles. The molecule has 33 atom stereocenters. The van der Waals surface area contributed by atoms with Gasteiger partial charge in [-0.2, -0.15) is 0 Å². The molecule has 0 radical (unpaired) electrons. The lowest BCUT2D eigenvalue weighted by Gasteiger charge is -2.50. The summed E-state index contributed by atoms with van der Waals surface area (Å²) in [4.78, 5) is 51.7. The molecule has 6 saturated heterocycles. The van der Waals surface area contributed by atoms with E-state index in [1.807, 2.05) is 6.08 Å². The number of carboxylic acids is 1. The van der Waals surface area contributed by atoms with E-state index in [9.17, 15) is 121 Å². The third kappa shape index (κ3) is 33.7. The molecule has 0 bridgehead atoms. The Kier molecular flexibility index (Phi) is 51.0. The molecule has 6 fully saturated rings. The van der Waals surface area contributed by atoms with Crippen LogP contribution in [0, 0.1) is 0 Å². The van der Waals surface area contributed by atoms with Crippen LogP contribution in [0.25, 0.3) is 0 Å². The van der Waals surface area contributed by atoms with Gasteiger partial charge in [0.05, 0.1) is 70.5 Å². The fraction of sp³-hybridized carbons (Fsp3) is 0.906. The summed E-state index contributed by atoms with van der Waals surface area (Å²) in [6, 6.07) is -4.61. The lowest BCUT2D eigenvalue weighted by atomic mass is 9.88. The molecule has 6 rings (SSSR count). The standard InChI is InChI=1S/C85H151N3O36/c1-5-7-9-11-13-15-17-19-20-21-22-23-24-25-26-28-30-32-34-36-38-40-60(99)88-51(52(96)39-37-35-33-31-29-27-18-16-14-12-10-8-6-2)47-113-80-71(108)68(105)74(57(45-92)117-80)120-82-72(109)69(106)75(58(46-93)118-82)121-83-73(110)78(66(103)56(44-91)116-83)123-79-62(87-50(4)95)76(65(102)55(43-90)115-79)122-81-70(107)67(104)64(101)59(119-81)48-114-85(84(111)112)41-53(97)61(86-49(3)94)77(124-85)63(100)54(98)42-89/h19-20,37,39,51-59,61-83,89-93,96-98,100-110H,5-18,21-36,38,40-48H2,1-4H3,(H,86,94)(H,87,95)(H,88,99)(H,111,112)/b20-19-,39-37+/t51-,52+,53?,54+,55?,56?,57?,58?,59?,61+,62?,63+,64-,65-,66-,67-,68+,69+,70?,71?,72?,73?,74+,75-,76+,77?,78-,79-,80+,81-,82-,83-,85+/m0/s1. The van der Waals surface area contributed by atoms with Gasteiger partial charge in [-0.3, -0.25) is 14.4 Å². The second kappa shape index (κ2) is 58.1. The Morgan fingerprint density at radius 3 is 1.30 bits per heavy atom. The van der Waals surface area contributed by atoms with Gasteiger partial charge in [-0.15, -0.1) is 0 Å². The first-order valence-electron chi connectivity index (χ1n) is 45.2. The van der Waals surface area contributed by atoms with Gasteiger partial charge in [0.2, 0.25) is 17.7 Å². The molecule has 0 aromatic carbocycles. The Morgan fingerprint density at radius 1 is 0.427 bits per heavy atom. The SMILES string of the molecule is CCCCCCCC/C=C\CCCCCCCCCCCCCC(=O)N[C@@H](CO[C@@H]1OC(CO)[C@@H](O[C@@H]2OC(CO)[C@H](O[C@@H]3OC(CO)[C@H](O)[C@H](O[C@@H]4OC(CO)[C@H](O)[C@H](O[C@@H]5OC(CO[C@]6(C(=O)O)CC(O)[C@@H](NC(C)=O)C([C@H](O)[C@H](O)CO)O6)[C@H](O)[C@H](O)C5O)C4NC(C)=O)C3O)[C@H](O)C2O)[C@H](O)C1O)[C@H](O)/C=C/CCCCCCCCCCCCC. The van der Waals surface area contributed by atoms with Crippen LogP contribution in [0.4, 0.5) is 0 Å². The maximum absolute atomic E-state index is 13.6. The van der Waals surface area contributed by atoms with E-state index in [0.717, 1.165) is 78.1 Å². The normalized spacial score (nSPS) is 35.3. The van der Waals surface area contributed by atoms with Crippen LogP contribution in [-0.4, -0.2) is 374 Å². The topological polar surface area (TPSA) is 620 Å². The number of hydrogen-bond acceptors (Lipinski definition) is 35. The molecule has 0 aromatic heterocycles. The largest absolute Gasteiger partial charge is 0.477 e. The highest BCUT2D eigenvalue weighted by Crippen LogP contribution is 2.39. The first-order chi connectivity index (χ1) is 59.5. The number of carboxylic acid groups (broad SMARTS) is 1. The van der Waals surface area contributed by atoms with E-state index < -0.39 is 272 Å². The molecule has 12 unspecified atom stereocenters. The molecule has 0 spiro atoms. The maximum atomic E-state index is 13.6. The van der Waals surface area contributed by atoms with Crippen molar-refractivity contribution in [1.29, 1.82) is 0 Å². The number of aliphatic hydroxyl groups is 19. The summed E-state index contributed by atoms with van der Waals surface area (Å²) in [6.45, 7) is -0.538. The summed E-state index contributed by atoms with van der Waals surface area (Å²) in [6.07, 6.45) is -15.8. The van der Waals surface area contributed by atoms with E-state index in [-0.39, 0.29) is 12.3 Å². The molecule has 39 heteroatoms. The quantitative estimate of drug-likeness (QED) is 0.0254. The number of nitrogens with one attached hydrogen (secondary N) is 3. The zero-order valence-corrected chi connectivity index (χ0v) is 72.5. The van der Waals surface area contributed by atoms with Crippen molar-refractivity contribution < 1.29 is 178 Å². The number of hydrogen-bond donors (Lipinski definition) is 23. The molecule has 39 nitrogen and oxygen atoms in total. The molecule has 6 heterocycles. The number of carbonyl (C=O) groups excluding carboxylic acids is 3. The van der Waals surface area contributed by atoms with Crippen molar-refractivity contribution in [2.24, 2.45) is 0 Å². The highest BCUT2D eigenvalue weighted by Gasteiger charge is 2.60. The lowest BCUT2D eigenvalue weighted by molar-refractivity contribution is -0.389. The van der Waals surface area contributed by atoms with Gasteiger partial charge < -0.3 is 175 Å².